The van der Waals surface area contributed by atoms with Crippen molar-refractivity contribution in [1.82, 2.24) is 4.90 Å². The van der Waals surface area contributed by atoms with Gasteiger partial charge in [0.1, 0.15) is 0 Å². The lowest BCUT2D eigenvalue weighted by molar-refractivity contribution is 0.00578. The van der Waals surface area contributed by atoms with Crippen LogP contribution in [0.5, 0.6) is 0 Å². The van der Waals surface area contributed by atoms with Gasteiger partial charge in [0, 0.05) is 0 Å². The van der Waals surface area contributed by atoms with Gasteiger partial charge in [0.25, 0.3) is 0 Å². The average Bonchev–Trinajstić information content (AvgIpc) is 3.17. The Balaban J connectivity index is 1.45. The number of rotatable bonds is 2. The summed E-state index contributed by atoms with van der Waals surface area (Å²) >= 11 is 0. The summed E-state index contributed by atoms with van der Waals surface area (Å²) in [5.41, 5.74) is 2.68. The highest BCUT2D eigenvalue weighted by Gasteiger charge is 2.55. The highest BCUT2D eigenvalue weighted by molar-refractivity contribution is 6.62. The normalized spacial score (nSPS) is 30.7. The first-order valence-electron chi connectivity index (χ1n) is 9.37. The molecule has 1 aromatic rings. The van der Waals surface area contributed by atoms with Crippen molar-refractivity contribution >= 4 is 12.6 Å². The molecule has 1 saturated carbocycles. The minimum atomic E-state index is -0.273. The molecule has 4 heteroatoms. The molecular formula is C20H30BNO2. The van der Waals surface area contributed by atoms with E-state index >= 15 is 0 Å². The van der Waals surface area contributed by atoms with Gasteiger partial charge >= 0.3 is 7.12 Å². The van der Waals surface area contributed by atoms with Crippen molar-refractivity contribution in [3.05, 3.63) is 29.8 Å². The molecule has 0 amide bonds. The Morgan fingerprint density at radius 1 is 0.958 bits per heavy atom. The lowest BCUT2D eigenvalue weighted by Crippen LogP contribution is -2.41. The number of likely N-dealkylation sites (tertiary alicyclic amines) is 1. The van der Waals surface area contributed by atoms with Crippen LogP contribution in [0.4, 0.5) is 0 Å². The van der Waals surface area contributed by atoms with Crippen molar-refractivity contribution < 1.29 is 9.31 Å². The zero-order valence-electron chi connectivity index (χ0n) is 15.8. The van der Waals surface area contributed by atoms with Crippen molar-refractivity contribution in [2.45, 2.75) is 64.1 Å². The maximum Gasteiger partial charge on any atom is 0.494 e. The molecule has 2 aliphatic heterocycles. The molecule has 1 aliphatic carbocycles. The molecule has 1 spiro atoms. The van der Waals surface area contributed by atoms with E-state index in [0.29, 0.717) is 5.41 Å². The number of benzene rings is 1. The smallest absolute Gasteiger partial charge is 0.399 e. The maximum absolute atomic E-state index is 6.16. The van der Waals surface area contributed by atoms with Gasteiger partial charge in [0.05, 0.1) is 11.2 Å². The molecule has 0 radical (unpaired) electrons. The van der Waals surface area contributed by atoms with E-state index < -0.39 is 0 Å². The number of nitrogens with zero attached hydrogens (tertiary/aromatic N) is 1. The third-order valence-electron chi connectivity index (χ3n) is 7.04. The van der Waals surface area contributed by atoms with Crippen molar-refractivity contribution in [3.63, 3.8) is 0 Å². The second-order valence-electron chi connectivity index (χ2n) is 9.18. The molecular weight excluding hydrogens is 297 g/mol. The molecule has 130 valence electrons. The molecule has 3 fully saturated rings. The van der Waals surface area contributed by atoms with E-state index in [1.807, 2.05) is 0 Å². The van der Waals surface area contributed by atoms with E-state index in [1.165, 1.54) is 37.9 Å². The lowest BCUT2D eigenvalue weighted by Gasteiger charge is -2.32. The largest absolute Gasteiger partial charge is 0.494 e. The first-order valence-corrected chi connectivity index (χ1v) is 9.37. The number of hydrogen-bond acceptors (Lipinski definition) is 3. The van der Waals surface area contributed by atoms with Gasteiger partial charge in [-0.15, -0.1) is 0 Å². The molecule has 24 heavy (non-hydrogen) atoms. The van der Waals surface area contributed by atoms with Gasteiger partial charge < -0.3 is 14.2 Å². The van der Waals surface area contributed by atoms with Crippen LogP contribution in [-0.2, 0) is 9.31 Å². The molecule has 2 heterocycles. The van der Waals surface area contributed by atoms with Crippen LogP contribution in [0, 0.1) is 5.41 Å². The molecule has 0 N–H and O–H groups in total. The van der Waals surface area contributed by atoms with E-state index in [-0.39, 0.29) is 18.3 Å². The number of hydrogen-bond donors (Lipinski definition) is 0. The first-order chi connectivity index (χ1) is 11.2. The fourth-order valence-electron chi connectivity index (χ4n) is 4.30. The third-order valence-corrected chi connectivity index (χ3v) is 7.04. The lowest BCUT2D eigenvalue weighted by atomic mass is 9.78. The number of piperidine rings is 1. The van der Waals surface area contributed by atoms with Crippen LogP contribution >= 0.6 is 0 Å². The Hall–Kier alpha value is -0.835. The van der Waals surface area contributed by atoms with E-state index in [9.17, 15) is 0 Å². The predicted octanol–water partition coefficient (Wildman–Crippen LogP) is 3.19. The zero-order chi connectivity index (χ0) is 17.2. The van der Waals surface area contributed by atoms with Gasteiger partial charge in [-0.25, -0.2) is 0 Å². The van der Waals surface area contributed by atoms with Crippen molar-refractivity contribution in [2.24, 2.45) is 5.41 Å². The van der Waals surface area contributed by atoms with Crippen LogP contribution in [0.15, 0.2) is 24.3 Å². The Bertz CT molecular complexity index is 601. The summed E-state index contributed by atoms with van der Waals surface area (Å²) in [6, 6.07) is 9.02. The minimum absolute atomic E-state index is 0.249. The highest BCUT2D eigenvalue weighted by atomic mass is 16.7. The summed E-state index contributed by atoms with van der Waals surface area (Å²) < 4.78 is 12.3. The average molecular weight is 327 g/mol. The summed E-state index contributed by atoms with van der Waals surface area (Å²) in [7, 11) is 1.99. The molecule has 1 atom stereocenters. The van der Waals surface area contributed by atoms with Crippen LogP contribution in [0.1, 0.15) is 58.4 Å². The van der Waals surface area contributed by atoms with Crippen LogP contribution in [0.25, 0.3) is 0 Å². The van der Waals surface area contributed by atoms with Crippen molar-refractivity contribution in [3.8, 4) is 0 Å². The van der Waals surface area contributed by atoms with Gasteiger partial charge in [-0.1, -0.05) is 24.3 Å². The van der Waals surface area contributed by atoms with E-state index in [1.54, 1.807) is 0 Å². The molecule has 4 rings (SSSR count). The van der Waals surface area contributed by atoms with Crippen molar-refractivity contribution in [2.75, 3.05) is 20.1 Å². The highest BCUT2D eigenvalue weighted by Crippen LogP contribution is 2.64. The van der Waals surface area contributed by atoms with Crippen LogP contribution in [0.2, 0.25) is 0 Å². The molecule has 0 bridgehead atoms. The van der Waals surface area contributed by atoms with Gasteiger partial charge in [-0.3, -0.25) is 0 Å². The van der Waals surface area contributed by atoms with Crippen molar-refractivity contribution in [1.29, 1.82) is 0 Å². The Morgan fingerprint density at radius 2 is 1.50 bits per heavy atom. The standard InChI is InChI=1S/C20H30BNO2/c1-18(2)19(3,4)24-21(23-18)16-8-6-15(7-9-16)17-14-20(17)10-12-22(5)13-11-20/h6-9,17H,10-14H2,1-5H3. The summed E-state index contributed by atoms with van der Waals surface area (Å²) in [5.74, 6) is 0.763. The van der Waals surface area contributed by atoms with Crippen LogP contribution in [0.3, 0.4) is 0 Å². The quantitative estimate of drug-likeness (QED) is 0.779. The molecule has 3 nitrogen and oxygen atoms in total. The minimum Gasteiger partial charge on any atom is -0.399 e. The summed E-state index contributed by atoms with van der Waals surface area (Å²) in [6.07, 6.45) is 4.08. The molecule has 1 aromatic carbocycles. The molecule has 2 saturated heterocycles. The second kappa shape index (κ2) is 5.33. The predicted molar refractivity (Wildman–Crippen MR) is 98.7 cm³/mol. The summed E-state index contributed by atoms with van der Waals surface area (Å²) in [6.45, 7) is 10.9. The third kappa shape index (κ3) is 2.63. The van der Waals surface area contributed by atoms with E-state index in [0.717, 1.165) is 11.4 Å². The van der Waals surface area contributed by atoms with Crippen LogP contribution < -0.4 is 5.46 Å². The van der Waals surface area contributed by atoms with Gasteiger partial charge in [-0.2, -0.15) is 0 Å². The van der Waals surface area contributed by atoms with Gasteiger partial charge in [-0.05, 0) is 89.5 Å². The molecule has 1 unspecified atom stereocenters. The fraction of sp³-hybridized carbons (Fsp3) is 0.700. The summed E-state index contributed by atoms with van der Waals surface area (Å²) in [4.78, 5) is 2.46. The SMILES string of the molecule is CN1CCC2(CC1)CC2c1ccc(B2OC(C)(C)C(C)(C)O2)cc1. The Labute approximate surface area is 146 Å². The summed E-state index contributed by atoms with van der Waals surface area (Å²) in [5, 5.41) is 0. The fourth-order valence-corrected chi connectivity index (χ4v) is 4.30. The Morgan fingerprint density at radius 3 is 2.04 bits per heavy atom. The molecule has 0 aromatic heterocycles. The molecule has 3 aliphatic rings. The van der Waals surface area contributed by atoms with Gasteiger partial charge in [0.2, 0.25) is 0 Å². The Kier molecular flexibility index (Phi) is 3.69. The zero-order valence-corrected chi connectivity index (χ0v) is 15.8. The van der Waals surface area contributed by atoms with Gasteiger partial charge in [0.15, 0.2) is 0 Å². The second-order valence-corrected chi connectivity index (χ2v) is 9.18. The monoisotopic (exact) mass is 327 g/mol. The van der Waals surface area contributed by atoms with Crippen LogP contribution in [-0.4, -0.2) is 43.4 Å². The topological polar surface area (TPSA) is 21.7 Å². The maximum atomic E-state index is 6.16. The van der Waals surface area contributed by atoms with E-state index in [4.69, 9.17) is 9.31 Å². The first kappa shape index (κ1) is 16.6. The van der Waals surface area contributed by atoms with E-state index in [2.05, 4.69) is 63.9 Å².